The minimum atomic E-state index is 0. The molecule has 0 radical (unpaired) electrons. The number of aryl methyl sites for hydroxylation is 1. The summed E-state index contributed by atoms with van der Waals surface area (Å²) in [5.41, 5.74) is 7.98. The second-order valence-corrected chi connectivity index (χ2v) is 4.49. The highest BCUT2D eigenvalue weighted by Crippen LogP contribution is 2.08. The van der Waals surface area contributed by atoms with Crippen LogP contribution in [0, 0.1) is 6.92 Å². The molecule has 1 aliphatic rings. The Morgan fingerprint density at radius 1 is 1.33 bits per heavy atom. The lowest BCUT2D eigenvalue weighted by atomic mass is 10.1. The van der Waals surface area contributed by atoms with E-state index in [0.717, 1.165) is 24.5 Å². The van der Waals surface area contributed by atoms with E-state index < -0.39 is 0 Å². The van der Waals surface area contributed by atoms with E-state index in [9.17, 15) is 0 Å². The van der Waals surface area contributed by atoms with E-state index in [0.29, 0.717) is 12.5 Å². The molecule has 100 valence electrons. The van der Waals surface area contributed by atoms with Crippen molar-refractivity contribution in [3.05, 3.63) is 29.6 Å². The molecule has 1 saturated heterocycles. The van der Waals surface area contributed by atoms with Gasteiger partial charge in [-0.3, -0.25) is 4.98 Å². The number of aliphatic imine (C=N–C) groups is 1. The fourth-order valence-electron chi connectivity index (χ4n) is 2.07. The highest BCUT2D eigenvalue weighted by Gasteiger charge is 2.11. The minimum Gasteiger partial charge on any atom is -0.370 e. The summed E-state index contributed by atoms with van der Waals surface area (Å²) in [5.74, 6) is 0.660. The number of guanidine groups is 1. The van der Waals surface area contributed by atoms with Crippen LogP contribution in [-0.4, -0.2) is 28.9 Å². The number of halogens is 1. The maximum Gasteiger partial charge on any atom is 0.191 e. The molecule has 1 aliphatic heterocycles. The number of pyridine rings is 1. The van der Waals surface area contributed by atoms with Gasteiger partial charge in [0.25, 0.3) is 0 Å². The lowest BCUT2D eigenvalue weighted by molar-refractivity contribution is 0.338. The van der Waals surface area contributed by atoms with Crippen molar-refractivity contribution in [2.24, 2.45) is 10.7 Å². The molecule has 1 aromatic rings. The Hall–Kier alpha value is -0.850. The molecule has 0 unspecified atom stereocenters. The van der Waals surface area contributed by atoms with Crippen LogP contribution in [0.25, 0.3) is 0 Å². The van der Waals surface area contributed by atoms with E-state index in [1.807, 2.05) is 25.1 Å². The summed E-state index contributed by atoms with van der Waals surface area (Å²) in [5, 5.41) is 0. The summed E-state index contributed by atoms with van der Waals surface area (Å²) in [6.45, 7) is 4.64. The maximum absolute atomic E-state index is 5.98. The van der Waals surface area contributed by atoms with Gasteiger partial charge in [-0.2, -0.15) is 0 Å². The summed E-state index contributed by atoms with van der Waals surface area (Å²) in [4.78, 5) is 11.0. The number of hydrogen-bond acceptors (Lipinski definition) is 2. The highest BCUT2D eigenvalue weighted by atomic mass is 127. The van der Waals surface area contributed by atoms with E-state index in [1.54, 1.807) is 0 Å². The second kappa shape index (κ2) is 7.56. The molecule has 4 nitrogen and oxygen atoms in total. The van der Waals surface area contributed by atoms with E-state index in [1.165, 1.54) is 19.3 Å². The smallest absolute Gasteiger partial charge is 0.191 e. The summed E-state index contributed by atoms with van der Waals surface area (Å²) < 4.78 is 0. The fraction of sp³-hybridized carbons (Fsp3) is 0.538. The Morgan fingerprint density at radius 2 is 2.06 bits per heavy atom. The first-order chi connectivity index (χ1) is 8.25. The number of likely N-dealkylation sites (tertiary alicyclic amines) is 1. The number of nitrogens with two attached hydrogens (primary N) is 1. The molecular weight excluding hydrogens is 339 g/mol. The summed E-state index contributed by atoms with van der Waals surface area (Å²) >= 11 is 0. The lowest BCUT2D eigenvalue weighted by Crippen LogP contribution is -2.40. The van der Waals surface area contributed by atoms with Crippen molar-refractivity contribution in [2.45, 2.75) is 32.7 Å². The summed E-state index contributed by atoms with van der Waals surface area (Å²) in [6.07, 6.45) is 3.75. The molecular formula is C13H21IN4. The van der Waals surface area contributed by atoms with Gasteiger partial charge in [0.05, 0.1) is 12.2 Å². The predicted molar refractivity (Wildman–Crippen MR) is 85.1 cm³/mol. The molecule has 0 aliphatic carbocycles. The van der Waals surface area contributed by atoms with Crippen LogP contribution in [0.1, 0.15) is 30.7 Å². The average molecular weight is 360 g/mol. The van der Waals surface area contributed by atoms with E-state index >= 15 is 0 Å². The van der Waals surface area contributed by atoms with E-state index in [4.69, 9.17) is 5.73 Å². The van der Waals surface area contributed by atoms with Crippen molar-refractivity contribution < 1.29 is 0 Å². The molecule has 0 bridgehead atoms. The van der Waals surface area contributed by atoms with Gasteiger partial charge in [-0.15, -0.1) is 24.0 Å². The molecule has 2 N–H and O–H groups in total. The standard InChI is InChI=1S/C13H20N4.HI/c1-11-6-5-7-12(16-11)10-15-13(14)17-8-3-2-4-9-17;/h5-7H,2-4,8-10H2,1H3,(H2,14,15);1H. The monoisotopic (exact) mass is 360 g/mol. The van der Waals surface area contributed by atoms with Crippen LogP contribution in [0.2, 0.25) is 0 Å². The minimum absolute atomic E-state index is 0. The zero-order valence-corrected chi connectivity index (χ0v) is 13.1. The van der Waals surface area contributed by atoms with E-state index in [-0.39, 0.29) is 24.0 Å². The third kappa shape index (κ3) is 4.44. The van der Waals surface area contributed by atoms with Gasteiger partial charge in [-0.1, -0.05) is 6.07 Å². The molecule has 2 rings (SSSR count). The Kier molecular flexibility index (Phi) is 6.38. The fourth-order valence-corrected chi connectivity index (χ4v) is 2.07. The highest BCUT2D eigenvalue weighted by molar-refractivity contribution is 14.0. The van der Waals surface area contributed by atoms with Crippen molar-refractivity contribution >= 4 is 29.9 Å². The van der Waals surface area contributed by atoms with Crippen LogP contribution >= 0.6 is 24.0 Å². The third-order valence-corrected chi connectivity index (χ3v) is 3.03. The number of rotatable bonds is 2. The van der Waals surface area contributed by atoms with Crippen LogP contribution in [0.15, 0.2) is 23.2 Å². The Morgan fingerprint density at radius 3 is 2.72 bits per heavy atom. The molecule has 2 heterocycles. The third-order valence-electron chi connectivity index (χ3n) is 3.03. The molecule has 1 aromatic heterocycles. The van der Waals surface area contributed by atoms with Gasteiger partial charge < -0.3 is 10.6 Å². The quantitative estimate of drug-likeness (QED) is 0.500. The topological polar surface area (TPSA) is 54.5 Å². The molecule has 0 saturated carbocycles. The number of nitrogens with zero attached hydrogens (tertiary/aromatic N) is 3. The Labute approximate surface area is 126 Å². The molecule has 0 atom stereocenters. The number of aromatic nitrogens is 1. The van der Waals surface area contributed by atoms with Gasteiger partial charge in [0.1, 0.15) is 0 Å². The van der Waals surface area contributed by atoms with Gasteiger partial charge >= 0.3 is 0 Å². The van der Waals surface area contributed by atoms with Crippen LogP contribution in [-0.2, 0) is 6.54 Å². The summed E-state index contributed by atoms with van der Waals surface area (Å²) in [7, 11) is 0. The normalized spacial score (nSPS) is 16.3. The van der Waals surface area contributed by atoms with Gasteiger partial charge in [0.15, 0.2) is 5.96 Å². The lowest BCUT2D eigenvalue weighted by Gasteiger charge is -2.27. The second-order valence-electron chi connectivity index (χ2n) is 4.49. The van der Waals surface area contributed by atoms with Gasteiger partial charge in [-0.05, 0) is 38.3 Å². The largest absolute Gasteiger partial charge is 0.370 e. The van der Waals surface area contributed by atoms with E-state index in [2.05, 4.69) is 14.9 Å². The first kappa shape index (κ1) is 15.2. The molecule has 0 spiro atoms. The first-order valence-corrected chi connectivity index (χ1v) is 6.23. The zero-order chi connectivity index (χ0) is 12.1. The van der Waals surface area contributed by atoms with Crippen molar-refractivity contribution in [1.29, 1.82) is 0 Å². The molecule has 1 fully saturated rings. The SMILES string of the molecule is Cc1cccc(CN=C(N)N2CCCCC2)n1.I. The van der Waals surface area contributed by atoms with Crippen LogP contribution < -0.4 is 5.73 Å². The van der Waals surface area contributed by atoms with Gasteiger partial charge in [0.2, 0.25) is 0 Å². The van der Waals surface area contributed by atoms with Gasteiger partial charge in [0, 0.05) is 18.8 Å². The molecule has 0 aromatic carbocycles. The first-order valence-electron chi connectivity index (χ1n) is 6.23. The Bertz CT molecular complexity index is 400. The number of hydrogen-bond donors (Lipinski definition) is 1. The number of piperidine rings is 1. The summed E-state index contributed by atoms with van der Waals surface area (Å²) in [6, 6.07) is 5.98. The van der Waals surface area contributed by atoms with Crippen molar-refractivity contribution in [3.8, 4) is 0 Å². The predicted octanol–water partition coefficient (Wildman–Crippen LogP) is 2.31. The van der Waals surface area contributed by atoms with Crippen molar-refractivity contribution in [2.75, 3.05) is 13.1 Å². The molecule has 5 heteroatoms. The Balaban J connectivity index is 0.00000162. The van der Waals surface area contributed by atoms with Crippen LogP contribution in [0.5, 0.6) is 0 Å². The maximum atomic E-state index is 5.98. The van der Waals surface area contributed by atoms with Gasteiger partial charge in [-0.25, -0.2) is 4.99 Å². The molecule has 18 heavy (non-hydrogen) atoms. The van der Waals surface area contributed by atoms with Crippen LogP contribution in [0.3, 0.4) is 0 Å². The molecule has 0 amide bonds. The van der Waals surface area contributed by atoms with Crippen molar-refractivity contribution in [3.63, 3.8) is 0 Å². The average Bonchev–Trinajstić information content (AvgIpc) is 2.37. The van der Waals surface area contributed by atoms with Crippen molar-refractivity contribution in [1.82, 2.24) is 9.88 Å². The zero-order valence-electron chi connectivity index (χ0n) is 10.8. The van der Waals surface area contributed by atoms with Crippen LogP contribution in [0.4, 0.5) is 0 Å².